The number of aromatic nitrogens is 3. The summed E-state index contributed by atoms with van der Waals surface area (Å²) in [6, 6.07) is 5.83. The van der Waals surface area contributed by atoms with E-state index in [0.29, 0.717) is 28.6 Å². The minimum absolute atomic E-state index is 0.180. The van der Waals surface area contributed by atoms with Gasteiger partial charge in [0.15, 0.2) is 0 Å². The van der Waals surface area contributed by atoms with Gasteiger partial charge in [-0.2, -0.15) is 4.98 Å². The Balaban J connectivity index is 1.39. The summed E-state index contributed by atoms with van der Waals surface area (Å²) in [7, 11) is 0. The quantitative estimate of drug-likeness (QED) is 0.745. The second-order valence-electron chi connectivity index (χ2n) is 8.49. The molecule has 3 fully saturated rings. The normalized spacial score (nSPS) is 22.5. The number of pyridine rings is 1. The van der Waals surface area contributed by atoms with Gasteiger partial charge in [0.1, 0.15) is 11.6 Å². The Hall–Kier alpha value is -2.10. The molecule has 7 nitrogen and oxygen atoms in total. The zero-order chi connectivity index (χ0) is 21.4. The third kappa shape index (κ3) is 4.73. The van der Waals surface area contributed by atoms with Crippen molar-refractivity contribution in [3.8, 4) is 0 Å². The minimum atomic E-state index is -2.71. The van der Waals surface area contributed by atoms with Crippen molar-refractivity contribution in [2.24, 2.45) is 0 Å². The zero-order valence-corrected chi connectivity index (χ0v) is 17.9. The number of likely N-dealkylation sites (tertiary alicyclic amines) is 1. The highest BCUT2D eigenvalue weighted by Gasteiger charge is 2.40. The molecule has 3 aliphatic heterocycles. The maximum atomic E-state index is 13.8. The van der Waals surface area contributed by atoms with Gasteiger partial charge in [0, 0.05) is 36.2 Å². The van der Waals surface area contributed by atoms with E-state index in [2.05, 4.69) is 20.2 Å². The van der Waals surface area contributed by atoms with Crippen LogP contribution in [0.3, 0.4) is 0 Å². The topological polar surface area (TPSA) is 66.4 Å². The molecular formula is C21H25ClF2N6O. The SMILES string of the molecule is FC1(F)CCN(c2nc(Nc3cc(Cl)ccn3)cc(C3CCN(C4COC4)CC3)n2)C1. The van der Waals surface area contributed by atoms with E-state index in [1.807, 2.05) is 6.07 Å². The molecule has 0 bridgehead atoms. The van der Waals surface area contributed by atoms with Crippen molar-refractivity contribution in [3.05, 3.63) is 35.1 Å². The van der Waals surface area contributed by atoms with Crippen LogP contribution >= 0.6 is 11.6 Å². The monoisotopic (exact) mass is 450 g/mol. The first kappa shape index (κ1) is 20.8. The molecule has 5 heterocycles. The molecule has 0 amide bonds. The molecule has 10 heteroatoms. The van der Waals surface area contributed by atoms with Crippen LogP contribution in [-0.4, -0.2) is 71.2 Å². The molecular weight excluding hydrogens is 426 g/mol. The predicted molar refractivity (Wildman–Crippen MR) is 114 cm³/mol. The van der Waals surface area contributed by atoms with Crippen LogP contribution < -0.4 is 10.2 Å². The van der Waals surface area contributed by atoms with Gasteiger partial charge < -0.3 is 15.0 Å². The van der Waals surface area contributed by atoms with E-state index in [1.54, 1.807) is 23.2 Å². The van der Waals surface area contributed by atoms with Gasteiger partial charge >= 0.3 is 0 Å². The van der Waals surface area contributed by atoms with Gasteiger partial charge in [-0.25, -0.2) is 18.7 Å². The molecule has 0 radical (unpaired) electrons. The number of hydrogen-bond acceptors (Lipinski definition) is 7. The van der Waals surface area contributed by atoms with Gasteiger partial charge in [-0.05, 0) is 38.1 Å². The molecule has 2 aromatic heterocycles. The number of ether oxygens (including phenoxy) is 1. The molecule has 0 atom stereocenters. The number of piperidine rings is 1. The summed E-state index contributed by atoms with van der Waals surface area (Å²) in [6.07, 6.45) is 3.37. The van der Waals surface area contributed by atoms with Crippen molar-refractivity contribution in [1.82, 2.24) is 19.9 Å². The number of nitrogens with zero attached hydrogens (tertiary/aromatic N) is 5. The lowest BCUT2D eigenvalue weighted by Gasteiger charge is -2.41. The average molecular weight is 451 g/mol. The Kier molecular flexibility index (Phi) is 5.66. The number of halogens is 3. The first-order valence-corrected chi connectivity index (χ1v) is 11.1. The summed E-state index contributed by atoms with van der Waals surface area (Å²) in [5, 5.41) is 3.72. The van der Waals surface area contributed by atoms with Crippen LogP contribution in [0.2, 0.25) is 5.02 Å². The first-order chi connectivity index (χ1) is 14.9. The van der Waals surface area contributed by atoms with E-state index in [1.165, 1.54) is 0 Å². The Bertz CT molecular complexity index is 936. The van der Waals surface area contributed by atoms with E-state index in [-0.39, 0.29) is 25.4 Å². The predicted octanol–water partition coefficient (Wildman–Crippen LogP) is 3.69. The third-order valence-corrected chi connectivity index (χ3v) is 6.48. The van der Waals surface area contributed by atoms with Crippen molar-refractivity contribution in [3.63, 3.8) is 0 Å². The minimum Gasteiger partial charge on any atom is -0.378 e. The summed E-state index contributed by atoms with van der Waals surface area (Å²) in [5.41, 5.74) is 0.884. The van der Waals surface area contributed by atoms with E-state index in [0.717, 1.165) is 44.8 Å². The van der Waals surface area contributed by atoms with Crippen molar-refractivity contribution in [2.45, 2.75) is 37.1 Å². The molecule has 0 saturated carbocycles. The molecule has 166 valence electrons. The molecule has 0 aromatic carbocycles. The van der Waals surface area contributed by atoms with E-state index >= 15 is 0 Å². The van der Waals surface area contributed by atoms with Crippen LogP contribution in [0.5, 0.6) is 0 Å². The molecule has 0 spiro atoms. The van der Waals surface area contributed by atoms with Crippen molar-refractivity contribution < 1.29 is 13.5 Å². The smallest absolute Gasteiger partial charge is 0.267 e. The molecule has 0 aliphatic carbocycles. The second kappa shape index (κ2) is 8.44. The fourth-order valence-electron chi connectivity index (χ4n) is 4.37. The maximum Gasteiger partial charge on any atom is 0.267 e. The molecule has 31 heavy (non-hydrogen) atoms. The number of nitrogens with one attached hydrogen (secondary N) is 1. The maximum absolute atomic E-state index is 13.8. The van der Waals surface area contributed by atoms with Crippen molar-refractivity contribution in [1.29, 1.82) is 0 Å². The number of anilines is 3. The number of rotatable bonds is 5. The molecule has 0 unspecified atom stereocenters. The Morgan fingerprint density at radius 3 is 2.55 bits per heavy atom. The zero-order valence-electron chi connectivity index (χ0n) is 17.1. The van der Waals surface area contributed by atoms with Crippen LogP contribution in [0.1, 0.15) is 30.9 Å². The number of alkyl halides is 2. The number of hydrogen-bond donors (Lipinski definition) is 1. The highest BCUT2D eigenvalue weighted by atomic mass is 35.5. The first-order valence-electron chi connectivity index (χ1n) is 10.7. The van der Waals surface area contributed by atoms with E-state index in [9.17, 15) is 8.78 Å². The summed E-state index contributed by atoms with van der Waals surface area (Å²) < 4.78 is 33.0. The standard InChI is InChI=1S/C21H25ClF2N6O/c22-15-1-5-25-18(9-15)27-19-10-17(14-2-6-29(7-3-14)16-11-31-12-16)26-20(28-19)30-8-4-21(23,24)13-30/h1,5,9-10,14,16H,2-4,6-8,11-13H2,(H,25,26,27,28). The third-order valence-electron chi connectivity index (χ3n) is 6.25. The van der Waals surface area contributed by atoms with Crippen LogP contribution in [0.15, 0.2) is 24.4 Å². The van der Waals surface area contributed by atoms with Gasteiger partial charge in [0.25, 0.3) is 5.92 Å². The highest BCUT2D eigenvalue weighted by Crippen LogP contribution is 2.34. The van der Waals surface area contributed by atoms with Crippen LogP contribution in [0, 0.1) is 0 Å². The van der Waals surface area contributed by atoms with E-state index < -0.39 is 5.92 Å². The fourth-order valence-corrected chi connectivity index (χ4v) is 4.53. The van der Waals surface area contributed by atoms with Gasteiger partial charge in [0.05, 0.1) is 31.5 Å². The largest absolute Gasteiger partial charge is 0.378 e. The lowest BCUT2D eigenvalue weighted by molar-refractivity contribution is -0.0713. The molecule has 1 N–H and O–H groups in total. The summed E-state index contributed by atoms with van der Waals surface area (Å²) >= 11 is 6.07. The Morgan fingerprint density at radius 1 is 1.10 bits per heavy atom. The summed E-state index contributed by atoms with van der Waals surface area (Å²) in [5.74, 6) is -1.02. The van der Waals surface area contributed by atoms with Crippen LogP contribution in [-0.2, 0) is 4.74 Å². The molecule has 5 rings (SSSR count). The molecule has 2 aromatic rings. The lowest BCUT2D eigenvalue weighted by atomic mass is 9.92. The Labute approximate surface area is 184 Å². The van der Waals surface area contributed by atoms with Gasteiger partial charge in [-0.1, -0.05) is 11.6 Å². The van der Waals surface area contributed by atoms with Gasteiger partial charge in [-0.15, -0.1) is 0 Å². The Morgan fingerprint density at radius 2 is 1.90 bits per heavy atom. The molecule has 3 saturated heterocycles. The van der Waals surface area contributed by atoms with E-state index in [4.69, 9.17) is 21.3 Å². The van der Waals surface area contributed by atoms with Crippen LogP contribution in [0.25, 0.3) is 0 Å². The van der Waals surface area contributed by atoms with Gasteiger partial charge in [0.2, 0.25) is 5.95 Å². The highest BCUT2D eigenvalue weighted by molar-refractivity contribution is 6.30. The summed E-state index contributed by atoms with van der Waals surface area (Å²) in [4.78, 5) is 17.6. The lowest BCUT2D eigenvalue weighted by Crippen LogP contribution is -2.51. The van der Waals surface area contributed by atoms with Gasteiger partial charge in [-0.3, -0.25) is 4.90 Å². The van der Waals surface area contributed by atoms with Crippen LogP contribution in [0.4, 0.5) is 26.4 Å². The molecule has 3 aliphatic rings. The second-order valence-corrected chi connectivity index (χ2v) is 8.93. The van der Waals surface area contributed by atoms with Crippen molar-refractivity contribution in [2.75, 3.05) is 49.6 Å². The average Bonchev–Trinajstić information content (AvgIpc) is 3.07. The fraction of sp³-hybridized carbons (Fsp3) is 0.571. The summed E-state index contributed by atoms with van der Waals surface area (Å²) in [6.45, 7) is 3.48. The van der Waals surface area contributed by atoms with Crippen molar-refractivity contribution >= 4 is 29.2 Å².